The summed E-state index contributed by atoms with van der Waals surface area (Å²) in [5, 5.41) is 0.151. The number of ether oxygens (including phenoxy) is 2. The molecule has 0 aromatic heterocycles. The summed E-state index contributed by atoms with van der Waals surface area (Å²) in [6.45, 7) is 7.41. The summed E-state index contributed by atoms with van der Waals surface area (Å²) in [4.78, 5) is 0. The van der Waals surface area contributed by atoms with Crippen LogP contribution in [-0.4, -0.2) is 30.3 Å². The highest BCUT2D eigenvalue weighted by molar-refractivity contribution is 6.21. The number of halogens is 1. The molecule has 100 valence electrons. The van der Waals surface area contributed by atoms with Crippen LogP contribution in [0.15, 0.2) is 0 Å². The Labute approximate surface area is 110 Å². The van der Waals surface area contributed by atoms with Gasteiger partial charge in [-0.15, -0.1) is 11.6 Å². The zero-order valence-corrected chi connectivity index (χ0v) is 12.0. The Hall–Kier alpha value is 0.210. The second-order valence-electron chi connectivity index (χ2n) is 5.89. The molecule has 2 rings (SSSR count). The molecule has 2 nitrogen and oxygen atoms in total. The Morgan fingerprint density at radius 1 is 1.06 bits per heavy atom. The Morgan fingerprint density at radius 2 is 1.71 bits per heavy atom. The molecule has 0 heterocycles. The van der Waals surface area contributed by atoms with E-state index >= 15 is 0 Å². The summed E-state index contributed by atoms with van der Waals surface area (Å²) < 4.78 is 11.8. The highest BCUT2D eigenvalue weighted by Gasteiger charge is 2.43. The van der Waals surface area contributed by atoms with Crippen molar-refractivity contribution in [1.29, 1.82) is 0 Å². The smallest absolute Gasteiger partial charge is 0.100 e. The molecular weight excluding hydrogens is 236 g/mol. The Balaban J connectivity index is 1.80. The van der Waals surface area contributed by atoms with E-state index in [1.54, 1.807) is 0 Å². The van der Waals surface area contributed by atoms with Crippen molar-refractivity contribution in [1.82, 2.24) is 0 Å². The fraction of sp³-hybridized carbons (Fsp3) is 1.00. The minimum Gasteiger partial charge on any atom is -0.374 e. The number of rotatable bonds is 4. The molecule has 0 radical (unpaired) electrons. The predicted octanol–water partition coefficient (Wildman–Crippen LogP) is 3.61. The fourth-order valence-electron chi connectivity index (χ4n) is 3.30. The van der Waals surface area contributed by atoms with Crippen LogP contribution in [0, 0.1) is 11.8 Å². The van der Waals surface area contributed by atoms with E-state index in [1.165, 1.54) is 19.3 Å². The number of alkyl halides is 1. The van der Waals surface area contributed by atoms with E-state index in [0.29, 0.717) is 6.10 Å². The molecule has 2 aliphatic rings. The van der Waals surface area contributed by atoms with Crippen molar-refractivity contribution in [3.05, 3.63) is 0 Å². The van der Waals surface area contributed by atoms with E-state index in [2.05, 4.69) is 13.8 Å². The van der Waals surface area contributed by atoms with Gasteiger partial charge < -0.3 is 9.47 Å². The third kappa shape index (κ3) is 3.36. The molecular formula is C14H25ClO2. The maximum atomic E-state index is 6.19. The van der Waals surface area contributed by atoms with Crippen LogP contribution in [0.3, 0.4) is 0 Å². The summed E-state index contributed by atoms with van der Waals surface area (Å²) in [6.07, 6.45) is 5.47. The zero-order chi connectivity index (χ0) is 12.4. The highest BCUT2D eigenvalue weighted by Crippen LogP contribution is 2.37. The van der Waals surface area contributed by atoms with Gasteiger partial charge in [0.1, 0.15) is 6.10 Å². The van der Waals surface area contributed by atoms with Crippen LogP contribution in [0.4, 0.5) is 0 Å². The van der Waals surface area contributed by atoms with Gasteiger partial charge in [0.2, 0.25) is 0 Å². The average molecular weight is 261 g/mol. The molecule has 0 saturated heterocycles. The van der Waals surface area contributed by atoms with Crippen molar-refractivity contribution in [2.45, 2.75) is 70.1 Å². The molecule has 2 saturated carbocycles. The van der Waals surface area contributed by atoms with Crippen LogP contribution >= 0.6 is 11.6 Å². The topological polar surface area (TPSA) is 18.5 Å². The minimum absolute atomic E-state index is 0.120. The van der Waals surface area contributed by atoms with E-state index in [0.717, 1.165) is 24.9 Å². The van der Waals surface area contributed by atoms with Crippen molar-refractivity contribution in [2.75, 3.05) is 6.61 Å². The highest BCUT2D eigenvalue weighted by atomic mass is 35.5. The van der Waals surface area contributed by atoms with Crippen LogP contribution < -0.4 is 0 Å². The molecule has 0 aromatic carbocycles. The van der Waals surface area contributed by atoms with Gasteiger partial charge in [0.05, 0.1) is 17.6 Å². The first kappa shape index (κ1) is 13.6. The van der Waals surface area contributed by atoms with Crippen LogP contribution in [0.2, 0.25) is 0 Å². The molecule has 0 amide bonds. The van der Waals surface area contributed by atoms with Crippen LogP contribution in [0.25, 0.3) is 0 Å². The molecule has 2 fully saturated rings. The van der Waals surface area contributed by atoms with Gasteiger partial charge in [-0.3, -0.25) is 0 Å². The Bertz CT molecular complexity index is 236. The first-order chi connectivity index (χ1) is 8.10. The van der Waals surface area contributed by atoms with Gasteiger partial charge >= 0.3 is 0 Å². The van der Waals surface area contributed by atoms with E-state index < -0.39 is 0 Å². The van der Waals surface area contributed by atoms with Crippen LogP contribution in [-0.2, 0) is 9.47 Å². The third-order valence-corrected chi connectivity index (χ3v) is 4.47. The van der Waals surface area contributed by atoms with Gasteiger partial charge in [0, 0.05) is 6.61 Å². The summed E-state index contributed by atoms with van der Waals surface area (Å²) >= 11 is 6.16. The molecule has 0 spiro atoms. The van der Waals surface area contributed by atoms with Gasteiger partial charge in [-0.25, -0.2) is 0 Å². The van der Waals surface area contributed by atoms with Gasteiger partial charge in [-0.05, 0) is 44.4 Å². The Morgan fingerprint density at radius 3 is 2.24 bits per heavy atom. The van der Waals surface area contributed by atoms with Crippen molar-refractivity contribution in [2.24, 2.45) is 11.8 Å². The average Bonchev–Trinajstić information content (AvgIpc) is 2.24. The van der Waals surface area contributed by atoms with Crippen LogP contribution in [0.1, 0.15) is 46.5 Å². The number of hydrogen-bond donors (Lipinski definition) is 0. The van der Waals surface area contributed by atoms with Gasteiger partial charge in [-0.2, -0.15) is 0 Å². The van der Waals surface area contributed by atoms with E-state index in [-0.39, 0.29) is 17.6 Å². The van der Waals surface area contributed by atoms with Crippen molar-refractivity contribution < 1.29 is 9.47 Å². The lowest BCUT2D eigenvalue weighted by atomic mass is 9.81. The largest absolute Gasteiger partial charge is 0.374 e. The van der Waals surface area contributed by atoms with Gasteiger partial charge in [0.15, 0.2) is 0 Å². The van der Waals surface area contributed by atoms with E-state index in [9.17, 15) is 0 Å². The van der Waals surface area contributed by atoms with E-state index in [1.807, 2.05) is 6.92 Å². The standard InChI is InChI=1S/C14H25ClO2/c1-4-16-14-12(15)8-13(14)17-11-6-9(2)5-10(3)7-11/h9-14H,4-8H2,1-3H3. The molecule has 3 heteroatoms. The lowest BCUT2D eigenvalue weighted by molar-refractivity contribution is -0.157. The van der Waals surface area contributed by atoms with E-state index in [4.69, 9.17) is 21.1 Å². The van der Waals surface area contributed by atoms with Crippen molar-refractivity contribution in [3.63, 3.8) is 0 Å². The Kier molecular flexibility index (Phi) is 4.73. The summed E-state index contributed by atoms with van der Waals surface area (Å²) in [6, 6.07) is 0. The molecule has 17 heavy (non-hydrogen) atoms. The first-order valence-corrected chi connectivity index (χ1v) is 7.44. The summed E-state index contributed by atoms with van der Waals surface area (Å²) in [7, 11) is 0. The maximum Gasteiger partial charge on any atom is 0.100 e. The van der Waals surface area contributed by atoms with Crippen LogP contribution in [0.5, 0.6) is 0 Å². The third-order valence-electron chi connectivity index (χ3n) is 4.04. The fourth-order valence-corrected chi connectivity index (χ4v) is 3.71. The predicted molar refractivity (Wildman–Crippen MR) is 70.5 cm³/mol. The molecule has 0 N–H and O–H groups in total. The molecule has 0 aliphatic heterocycles. The first-order valence-electron chi connectivity index (χ1n) is 7.01. The SMILES string of the molecule is CCOC1C(Cl)CC1OC1CC(C)CC(C)C1. The molecule has 0 bridgehead atoms. The minimum atomic E-state index is 0.120. The second-order valence-corrected chi connectivity index (χ2v) is 6.45. The van der Waals surface area contributed by atoms with Gasteiger partial charge in [0.25, 0.3) is 0 Å². The number of hydrogen-bond acceptors (Lipinski definition) is 2. The normalized spacial score (nSPS) is 46.6. The summed E-state index contributed by atoms with van der Waals surface area (Å²) in [5.41, 5.74) is 0. The maximum absolute atomic E-state index is 6.19. The summed E-state index contributed by atoms with van der Waals surface area (Å²) in [5.74, 6) is 1.59. The zero-order valence-electron chi connectivity index (χ0n) is 11.2. The molecule has 0 aromatic rings. The van der Waals surface area contributed by atoms with Crippen molar-refractivity contribution >= 4 is 11.6 Å². The van der Waals surface area contributed by atoms with Crippen molar-refractivity contribution in [3.8, 4) is 0 Å². The van der Waals surface area contributed by atoms with Gasteiger partial charge in [-0.1, -0.05) is 13.8 Å². The molecule has 5 atom stereocenters. The molecule has 2 aliphatic carbocycles. The molecule has 5 unspecified atom stereocenters. The lowest BCUT2D eigenvalue weighted by Crippen LogP contribution is -2.52. The quantitative estimate of drug-likeness (QED) is 0.719. The monoisotopic (exact) mass is 260 g/mol. The lowest BCUT2D eigenvalue weighted by Gasteiger charge is -2.44. The second kappa shape index (κ2) is 5.90.